The quantitative estimate of drug-likeness (QED) is 0.902. The van der Waals surface area contributed by atoms with Crippen molar-refractivity contribution in [2.75, 3.05) is 18.4 Å². The van der Waals surface area contributed by atoms with Crippen molar-refractivity contribution in [2.45, 2.75) is 20.3 Å². The second-order valence-electron chi connectivity index (χ2n) is 5.94. The summed E-state index contributed by atoms with van der Waals surface area (Å²) in [5.74, 6) is -0.0771. The van der Waals surface area contributed by atoms with E-state index < -0.39 is 11.9 Å². The Morgan fingerprint density at radius 2 is 2.17 bits per heavy atom. The summed E-state index contributed by atoms with van der Waals surface area (Å²) in [7, 11) is 0. The molecule has 1 unspecified atom stereocenters. The number of benzene rings is 1. The molecule has 1 aromatic heterocycles. The number of hydrogen-bond donors (Lipinski definition) is 2. The van der Waals surface area contributed by atoms with Gasteiger partial charge < -0.3 is 19.7 Å². The van der Waals surface area contributed by atoms with E-state index in [1.165, 1.54) is 4.90 Å². The predicted octanol–water partition coefficient (Wildman–Crippen LogP) is 2.90. The molecule has 0 spiro atoms. The summed E-state index contributed by atoms with van der Waals surface area (Å²) in [4.78, 5) is 29.1. The minimum Gasteiger partial charge on any atom is -0.481 e. The van der Waals surface area contributed by atoms with Crippen LogP contribution in [0.25, 0.3) is 11.5 Å². The van der Waals surface area contributed by atoms with Crippen LogP contribution in [0.15, 0.2) is 28.7 Å². The molecule has 2 aromatic rings. The Morgan fingerprint density at radius 1 is 1.38 bits per heavy atom. The van der Waals surface area contributed by atoms with Crippen molar-refractivity contribution in [3.8, 4) is 11.5 Å². The number of anilines is 1. The highest BCUT2D eigenvalue weighted by Gasteiger charge is 2.30. The lowest BCUT2D eigenvalue weighted by molar-refractivity contribution is -0.141. The van der Waals surface area contributed by atoms with E-state index >= 15 is 0 Å². The van der Waals surface area contributed by atoms with Crippen LogP contribution in [-0.2, 0) is 4.79 Å². The maximum absolute atomic E-state index is 12.3. The van der Waals surface area contributed by atoms with Crippen molar-refractivity contribution in [3.63, 3.8) is 0 Å². The second kappa shape index (κ2) is 6.35. The molecule has 0 saturated carbocycles. The molecular weight excluding hydrogens is 310 g/mol. The second-order valence-corrected chi connectivity index (χ2v) is 5.94. The van der Waals surface area contributed by atoms with Crippen LogP contribution < -0.4 is 5.32 Å². The van der Waals surface area contributed by atoms with Crippen molar-refractivity contribution in [3.05, 3.63) is 35.7 Å². The molecule has 1 atom stereocenters. The van der Waals surface area contributed by atoms with Gasteiger partial charge in [0.05, 0.1) is 11.6 Å². The van der Waals surface area contributed by atoms with Crippen molar-refractivity contribution in [2.24, 2.45) is 5.92 Å². The lowest BCUT2D eigenvalue weighted by Crippen LogP contribution is -2.33. The Labute approximate surface area is 139 Å². The molecule has 1 aliphatic heterocycles. The number of hydrogen-bond acceptors (Lipinski definition) is 4. The molecular formula is C17H19N3O4. The summed E-state index contributed by atoms with van der Waals surface area (Å²) in [6.45, 7) is 4.41. The Hall–Kier alpha value is -2.83. The van der Waals surface area contributed by atoms with E-state index in [-0.39, 0.29) is 12.6 Å². The molecule has 24 heavy (non-hydrogen) atoms. The molecule has 1 fully saturated rings. The fraction of sp³-hybridized carbons (Fsp3) is 0.353. The number of nitrogens with one attached hydrogen (secondary N) is 1. The first-order valence-corrected chi connectivity index (χ1v) is 7.77. The number of carbonyl (C=O) groups excluding carboxylic acids is 1. The van der Waals surface area contributed by atoms with Crippen molar-refractivity contribution in [1.29, 1.82) is 0 Å². The van der Waals surface area contributed by atoms with Crippen LogP contribution in [0.4, 0.5) is 10.5 Å². The van der Waals surface area contributed by atoms with E-state index in [1.807, 2.05) is 26.0 Å². The average molecular weight is 329 g/mol. The van der Waals surface area contributed by atoms with Gasteiger partial charge in [0, 0.05) is 24.3 Å². The van der Waals surface area contributed by atoms with Gasteiger partial charge >= 0.3 is 12.0 Å². The molecule has 0 radical (unpaired) electrons. The van der Waals surface area contributed by atoms with E-state index in [0.717, 1.165) is 17.0 Å². The predicted molar refractivity (Wildman–Crippen MR) is 87.7 cm³/mol. The SMILES string of the molecule is Cc1nc(-c2cccc(NC(=O)N3CCC(C(=O)O)C3)c2)oc1C. The third-order valence-corrected chi connectivity index (χ3v) is 4.21. The maximum atomic E-state index is 12.3. The van der Waals surface area contributed by atoms with Gasteiger partial charge in [-0.15, -0.1) is 0 Å². The van der Waals surface area contributed by atoms with Gasteiger partial charge in [0.1, 0.15) is 5.76 Å². The van der Waals surface area contributed by atoms with Gasteiger partial charge in [0.15, 0.2) is 0 Å². The van der Waals surface area contributed by atoms with Crippen LogP contribution in [-0.4, -0.2) is 40.1 Å². The Kier molecular flexibility index (Phi) is 4.24. The molecule has 1 aliphatic rings. The number of nitrogens with zero attached hydrogens (tertiary/aromatic N) is 2. The third-order valence-electron chi connectivity index (χ3n) is 4.21. The number of aliphatic carboxylic acids is 1. The van der Waals surface area contributed by atoms with Gasteiger partial charge in [-0.25, -0.2) is 9.78 Å². The van der Waals surface area contributed by atoms with Gasteiger partial charge in [-0.2, -0.15) is 0 Å². The van der Waals surface area contributed by atoms with E-state index in [0.29, 0.717) is 24.5 Å². The highest BCUT2D eigenvalue weighted by atomic mass is 16.4. The number of likely N-dealkylation sites (tertiary alicyclic amines) is 1. The van der Waals surface area contributed by atoms with Crippen molar-refractivity contribution >= 4 is 17.7 Å². The molecule has 126 valence electrons. The molecule has 0 bridgehead atoms. The summed E-state index contributed by atoms with van der Waals surface area (Å²) in [5.41, 5.74) is 2.22. The Bertz CT molecular complexity index is 764. The topological polar surface area (TPSA) is 95.7 Å². The zero-order valence-electron chi connectivity index (χ0n) is 13.6. The number of oxazole rings is 1. The zero-order chi connectivity index (χ0) is 17.3. The minimum absolute atomic E-state index is 0.235. The maximum Gasteiger partial charge on any atom is 0.321 e. The molecule has 1 saturated heterocycles. The number of rotatable bonds is 3. The highest BCUT2D eigenvalue weighted by molar-refractivity contribution is 5.90. The number of amides is 2. The monoisotopic (exact) mass is 329 g/mol. The molecule has 0 aliphatic carbocycles. The first-order valence-electron chi connectivity index (χ1n) is 7.77. The van der Waals surface area contributed by atoms with Crippen LogP contribution in [0, 0.1) is 19.8 Å². The van der Waals surface area contributed by atoms with Crippen LogP contribution in [0.1, 0.15) is 17.9 Å². The van der Waals surface area contributed by atoms with Gasteiger partial charge in [-0.05, 0) is 38.5 Å². The lowest BCUT2D eigenvalue weighted by Gasteiger charge is -2.17. The summed E-state index contributed by atoms with van der Waals surface area (Å²) < 4.78 is 5.60. The van der Waals surface area contributed by atoms with Crippen LogP contribution in [0.5, 0.6) is 0 Å². The highest BCUT2D eigenvalue weighted by Crippen LogP contribution is 2.24. The van der Waals surface area contributed by atoms with Crippen LogP contribution in [0.3, 0.4) is 0 Å². The average Bonchev–Trinajstić information content (AvgIpc) is 3.16. The number of carbonyl (C=O) groups is 2. The molecule has 3 rings (SSSR count). The fourth-order valence-electron chi connectivity index (χ4n) is 2.68. The molecule has 2 N–H and O–H groups in total. The van der Waals surface area contributed by atoms with Crippen LogP contribution in [0.2, 0.25) is 0 Å². The normalized spacial score (nSPS) is 17.1. The molecule has 2 amide bonds. The number of carboxylic acids is 1. The number of carboxylic acid groups (broad SMARTS) is 1. The molecule has 1 aromatic carbocycles. The first kappa shape index (κ1) is 16.0. The zero-order valence-corrected chi connectivity index (χ0v) is 13.6. The van der Waals surface area contributed by atoms with E-state index in [4.69, 9.17) is 9.52 Å². The van der Waals surface area contributed by atoms with Crippen LogP contribution >= 0.6 is 0 Å². The Morgan fingerprint density at radius 3 is 2.79 bits per heavy atom. The van der Waals surface area contributed by atoms with Gasteiger partial charge in [0.2, 0.25) is 5.89 Å². The fourth-order valence-corrected chi connectivity index (χ4v) is 2.68. The summed E-state index contributed by atoms with van der Waals surface area (Å²) >= 11 is 0. The smallest absolute Gasteiger partial charge is 0.321 e. The standard InChI is InChI=1S/C17H19N3O4/c1-10-11(2)24-15(18-10)12-4-3-5-14(8-12)19-17(23)20-7-6-13(9-20)16(21)22/h3-5,8,13H,6-7,9H2,1-2H3,(H,19,23)(H,21,22). The largest absolute Gasteiger partial charge is 0.481 e. The number of aromatic nitrogens is 1. The van der Waals surface area contributed by atoms with Gasteiger partial charge in [-0.1, -0.05) is 6.07 Å². The molecule has 2 heterocycles. The van der Waals surface area contributed by atoms with Gasteiger partial charge in [0.25, 0.3) is 0 Å². The van der Waals surface area contributed by atoms with E-state index in [9.17, 15) is 9.59 Å². The Balaban J connectivity index is 1.71. The summed E-state index contributed by atoms with van der Waals surface area (Å²) in [6, 6.07) is 6.93. The van der Waals surface area contributed by atoms with Gasteiger partial charge in [-0.3, -0.25) is 4.79 Å². The van der Waals surface area contributed by atoms with Crippen molar-refractivity contribution in [1.82, 2.24) is 9.88 Å². The van der Waals surface area contributed by atoms with Crippen molar-refractivity contribution < 1.29 is 19.1 Å². The van der Waals surface area contributed by atoms with E-state index in [2.05, 4.69) is 10.3 Å². The molecule has 7 heteroatoms. The lowest BCUT2D eigenvalue weighted by atomic mass is 10.1. The summed E-state index contributed by atoms with van der Waals surface area (Å²) in [6.07, 6.45) is 0.484. The third kappa shape index (κ3) is 3.24. The summed E-state index contributed by atoms with van der Waals surface area (Å²) in [5, 5.41) is 11.8. The number of aryl methyl sites for hydroxylation is 2. The first-order chi connectivity index (χ1) is 11.4. The molecule has 7 nitrogen and oxygen atoms in total. The number of urea groups is 1. The van der Waals surface area contributed by atoms with E-state index in [1.54, 1.807) is 12.1 Å². The minimum atomic E-state index is -0.859.